The highest BCUT2D eigenvalue weighted by Crippen LogP contribution is 2.31. The minimum absolute atomic E-state index is 0.0989. The first-order chi connectivity index (χ1) is 10.1. The molecule has 4 aliphatic carbocycles. The summed E-state index contributed by atoms with van der Waals surface area (Å²) in [5.74, 6) is 0.321. The first kappa shape index (κ1) is 13.7. The lowest BCUT2D eigenvalue weighted by molar-refractivity contribution is 0.101. The van der Waals surface area contributed by atoms with Gasteiger partial charge in [0, 0.05) is 0 Å². The van der Waals surface area contributed by atoms with Gasteiger partial charge in [0.1, 0.15) is 11.5 Å². The van der Waals surface area contributed by atoms with Crippen LogP contribution in [0, 0.1) is 0 Å². The standard InChI is InChI=1S/C18H18O3/c1-11(19)17-14-5-3-12-2-4-13(16(20)10-12)6-8-15(9-7-14)18(17)21/h2,4,7,9-10,20-21H,3,5-6,8H2,1H3. The molecule has 3 heteroatoms. The van der Waals surface area contributed by atoms with E-state index in [1.54, 1.807) is 6.07 Å². The third-order valence-electron chi connectivity index (χ3n) is 4.20. The van der Waals surface area contributed by atoms with Crippen LogP contribution in [0.15, 0.2) is 30.3 Å². The van der Waals surface area contributed by atoms with Crippen molar-refractivity contribution in [2.24, 2.45) is 0 Å². The molecular weight excluding hydrogens is 264 g/mol. The summed E-state index contributed by atoms with van der Waals surface area (Å²) in [6.07, 6.45) is 2.63. The third kappa shape index (κ3) is 2.51. The molecule has 21 heavy (non-hydrogen) atoms. The van der Waals surface area contributed by atoms with Crippen LogP contribution in [-0.4, -0.2) is 16.0 Å². The van der Waals surface area contributed by atoms with E-state index >= 15 is 0 Å². The Morgan fingerprint density at radius 3 is 2.24 bits per heavy atom. The van der Waals surface area contributed by atoms with Gasteiger partial charge in [0.25, 0.3) is 0 Å². The molecule has 3 nitrogen and oxygen atoms in total. The topological polar surface area (TPSA) is 57.5 Å². The van der Waals surface area contributed by atoms with E-state index in [4.69, 9.17) is 0 Å². The zero-order valence-corrected chi connectivity index (χ0v) is 12.0. The molecule has 0 spiro atoms. The van der Waals surface area contributed by atoms with Gasteiger partial charge in [0.15, 0.2) is 5.78 Å². The molecule has 0 atom stereocenters. The Balaban J connectivity index is 2.12. The Hall–Kier alpha value is -2.29. The Morgan fingerprint density at radius 1 is 0.905 bits per heavy atom. The van der Waals surface area contributed by atoms with Crippen molar-refractivity contribution >= 4 is 5.78 Å². The van der Waals surface area contributed by atoms with E-state index in [2.05, 4.69) is 0 Å². The molecule has 2 aromatic carbocycles. The smallest absolute Gasteiger partial charge is 0.163 e. The van der Waals surface area contributed by atoms with E-state index in [9.17, 15) is 15.0 Å². The maximum absolute atomic E-state index is 11.9. The van der Waals surface area contributed by atoms with E-state index in [-0.39, 0.29) is 11.5 Å². The third-order valence-corrected chi connectivity index (χ3v) is 4.20. The van der Waals surface area contributed by atoms with Gasteiger partial charge in [-0.05, 0) is 60.9 Å². The molecule has 0 saturated carbocycles. The molecule has 0 unspecified atom stereocenters. The van der Waals surface area contributed by atoms with Crippen molar-refractivity contribution in [2.45, 2.75) is 32.6 Å². The highest BCUT2D eigenvalue weighted by atomic mass is 16.3. The predicted octanol–water partition coefficient (Wildman–Crippen LogP) is 3.18. The van der Waals surface area contributed by atoms with Crippen LogP contribution in [0.25, 0.3) is 0 Å². The highest BCUT2D eigenvalue weighted by Gasteiger charge is 2.18. The molecule has 4 aliphatic rings. The van der Waals surface area contributed by atoms with E-state index in [1.165, 1.54) is 6.92 Å². The maximum Gasteiger partial charge on any atom is 0.163 e. The predicted molar refractivity (Wildman–Crippen MR) is 81.0 cm³/mol. The number of hydrogen-bond donors (Lipinski definition) is 2. The van der Waals surface area contributed by atoms with Gasteiger partial charge >= 0.3 is 0 Å². The van der Waals surface area contributed by atoms with Crippen LogP contribution in [0.3, 0.4) is 0 Å². The quantitative estimate of drug-likeness (QED) is 0.790. The molecule has 0 aliphatic heterocycles. The molecule has 2 aromatic rings. The largest absolute Gasteiger partial charge is 0.508 e. The molecule has 0 amide bonds. The lowest BCUT2D eigenvalue weighted by Crippen LogP contribution is -2.06. The number of phenolic OH excluding ortho intramolecular Hbond substituents is 2. The monoisotopic (exact) mass is 282 g/mol. The maximum atomic E-state index is 11.9. The van der Waals surface area contributed by atoms with Gasteiger partial charge in [-0.1, -0.05) is 24.3 Å². The summed E-state index contributed by atoms with van der Waals surface area (Å²) >= 11 is 0. The Morgan fingerprint density at radius 2 is 1.52 bits per heavy atom. The average molecular weight is 282 g/mol. The summed E-state index contributed by atoms with van der Waals surface area (Å²) < 4.78 is 0. The van der Waals surface area contributed by atoms with Crippen LogP contribution in [0.5, 0.6) is 11.5 Å². The first-order valence-corrected chi connectivity index (χ1v) is 7.21. The number of carbonyl (C=O) groups excluding carboxylic acids is 1. The van der Waals surface area contributed by atoms with Gasteiger partial charge in [0.05, 0.1) is 5.56 Å². The Labute approximate surface area is 123 Å². The van der Waals surface area contributed by atoms with Gasteiger partial charge in [0.2, 0.25) is 0 Å². The molecule has 2 N–H and O–H groups in total. The molecule has 0 radical (unpaired) electrons. The number of aromatic hydroxyl groups is 2. The second-order valence-corrected chi connectivity index (χ2v) is 5.63. The van der Waals surface area contributed by atoms with Crippen LogP contribution >= 0.6 is 0 Å². The SMILES string of the molecule is CC(=O)c1c2ccc(c1O)CCc1ccc(cc1O)CC2. The van der Waals surface area contributed by atoms with E-state index in [0.29, 0.717) is 30.6 Å². The lowest BCUT2D eigenvalue weighted by atomic mass is 9.91. The van der Waals surface area contributed by atoms with Crippen LogP contribution in [-0.2, 0) is 25.7 Å². The van der Waals surface area contributed by atoms with Crippen molar-refractivity contribution in [2.75, 3.05) is 0 Å². The normalized spacial score (nSPS) is 13.8. The summed E-state index contributed by atoms with van der Waals surface area (Å²) in [5, 5.41) is 20.4. The van der Waals surface area contributed by atoms with Crippen LogP contribution in [0.2, 0.25) is 0 Å². The van der Waals surface area contributed by atoms with Crippen LogP contribution in [0.1, 0.15) is 39.5 Å². The number of carbonyl (C=O) groups is 1. The number of aryl methyl sites for hydroxylation is 4. The zero-order chi connectivity index (χ0) is 15.0. The summed E-state index contributed by atoms with van der Waals surface area (Å²) in [7, 11) is 0. The number of hydrogen-bond acceptors (Lipinski definition) is 3. The fourth-order valence-corrected chi connectivity index (χ4v) is 3.00. The lowest BCUT2D eigenvalue weighted by Gasteiger charge is -2.16. The van der Waals surface area contributed by atoms with Crippen molar-refractivity contribution in [3.8, 4) is 11.5 Å². The molecular formula is C18H18O3. The van der Waals surface area contributed by atoms with Gasteiger partial charge in [-0.2, -0.15) is 0 Å². The van der Waals surface area contributed by atoms with Crippen molar-refractivity contribution < 1.29 is 15.0 Å². The van der Waals surface area contributed by atoms with Crippen molar-refractivity contribution in [1.82, 2.24) is 0 Å². The van der Waals surface area contributed by atoms with E-state index in [0.717, 1.165) is 28.7 Å². The van der Waals surface area contributed by atoms with Crippen molar-refractivity contribution in [1.29, 1.82) is 0 Å². The van der Waals surface area contributed by atoms with E-state index < -0.39 is 0 Å². The van der Waals surface area contributed by atoms with Crippen molar-refractivity contribution in [3.05, 3.63) is 58.1 Å². The second-order valence-electron chi connectivity index (χ2n) is 5.63. The fourth-order valence-electron chi connectivity index (χ4n) is 3.00. The fraction of sp³-hybridized carbons (Fsp3) is 0.278. The molecule has 108 valence electrons. The summed E-state index contributed by atoms with van der Waals surface area (Å²) in [4.78, 5) is 11.9. The van der Waals surface area contributed by atoms with Crippen molar-refractivity contribution in [3.63, 3.8) is 0 Å². The summed E-state index contributed by atoms with van der Waals surface area (Å²) in [6, 6.07) is 9.61. The number of rotatable bonds is 1. The number of phenols is 2. The summed E-state index contributed by atoms with van der Waals surface area (Å²) in [6.45, 7) is 1.49. The Kier molecular flexibility index (Phi) is 3.42. The second kappa shape index (κ2) is 5.24. The number of ketones is 1. The minimum Gasteiger partial charge on any atom is -0.508 e. The highest BCUT2D eigenvalue weighted by molar-refractivity contribution is 5.98. The number of Topliss-reactive ketones (excluding diaryl/α,β-unsaturated/α-hetero) is 1. The average Bonchev–Trinajstić information content (AvgIpc) is 2.43. The van der Waals surface area contributed by atoms with Gasteiger partial charge in [-0.3, -0.25) is 4.79 Å². The molecule has 0 fully saturated rings. The zero-order valence-electron chi connectivity index (χ0n) is 12.0. The molecule has 6 rings (SSSR count). The van der Waals surface area contributed by atoms with Crippen LogP contribution < -0.4 is 0 Å². The number of benzene rings is 2. The molecule has 0 heterocycles. The summed E-state index contributed by atoms with van der Waals surface area (Å²) in [5.41, 5.74) is 3.98. The molecule has 0 aromatic heterocycles. The van der Waals surface area contributed by atoms with Gasteiger partial charge in [-0.15, -0.1) is 0 Å². The van der Waals surface area contributed by atoms with Crippen LogP contribution in [0.4, 0.5) is 0 Å². The van der Waals surface area contributed by atoms with Gasteiger partial charge in [-0.25, -0.2) is 0 Å². The van der Waals surface area contributed by atoms with E-state index in [1.807, 2.05) is 24.3 Å². The molecule has 0 saturated heterocycles. The van der Waals surface area contributed by atoms with Gasteiger partial charge < -0.3 is 10.2 Å². The Bertz CT molecular complexity index is 717. The first-order valence-electron chi connectivity index (χ1n) is 7.21. The minimum atomic E-state index is -0.0989. The molecule has 4 bridgehead atoms.